The minimum Gasteiger partial charge on any atom is -0.367 e. The Balaban J connectivity index is 1.92. The van der Waals surface area contributed by atoms with Crippen molar-refractivity contribution in [1.29, 1.82) is 0 Å². The molecule has 0 radical (unpaired) electrons. The number of carbonyl (C=O) groups excluding carboxylic acids is 2. The van der Waals surface area contributed by atoms with Crippen LogP contribution in [0, 0.1) is 0 Å². The fourth-order valence-electron chi connectivity index (χ4n) is 4.04. The summed E-state index contributed by atoms with van der Waals surface area (Å²) < 4.78 is 0.410. The van der Waals surface area contributed by atoms with Gasteiger partial charge in [-0.15, -0.1) is 0 Å². The van der Waals surface area contributed by atoms with E-state index in [0.717, 1.165) is 15.9 Å². The van der Waals surface area contributed by atoms with Gasteiger partial charge in [0, 0.05) is 5.56 Å². The van der Waals surface area contributed by atoms with E-state index in [0.29, 0.717) is 10.2 Å². The first-order chi connectivity index (χ1) is 16.5. The minimum atomic E-state index is -2.69. The summed E-state index contributed by atoms with van der Waals surface area (Å²) >= 11 is 6.13. The van der Waals surface area contributed by atoms with Gasteiger partial charge < -0.3 is 11.1 Å². The number of primary amides is 1. The molecular formula is C28H24N2O2PS+. The van der Waals surface area contributed by atoms with Crippen LogP contribution in [0.5, 0.6) is 0 Å². The molecule has 2 amide bonds. The van der Waals surface area contributed by atoms with E-state index < -0.39 is 25.1 Å². The molecule has 0 fully saturated rings. The summed E-state index contributed by atoms with van der Waals surface area (Å²) in [5.41, 5.74) is 6.30. The van der Waals surface area contributed by atoms with Crippen LogP contribution in [0.3, 0.4) is 0 Å². The van der Waals surface area contributed by atoms with Crippen LogP contribution in [-0.4, -0.2) is 22.5 Å². The summed E-state index contributed by atoms with van der Waals surface area (Å²) in [4.78, 5) is 25.8. The third-order valence-corrected chi connectivity index (χ3v) is 10.8. The molecule has 0 saturated heterocycles. The van der Waals surface area contributed by atoms with Crippen LogP contribution < -0.4 is 27.0 Å². The molecule has 168 valence electrons. The van der Waals surface area contributed by atoms with E-state index in [-0.39, 0.29) is 0 Å². The number of thiocarbonyl (C=S) groups is 1. The van der Waals surface area contributed by atoms with Gasteiger partial charge in [-0.2, -0.15) is 0 Å². The maximum absolute atomic E-state index is 13.0. The molecule has 0 heterocycles. The van der Waals surface area contributed by atoms with Gasteiger partial charge in [-0.25, -0.2) is 0 Å². The average molecular weight is 484 g/mol. The Morgan fingerprint density at radius 2 is 1.00 bits per heavy atom. The summed E-state index contributed by atoms with van der Waals surface area (Å²) in [6, 6.07) is 37.3. The number of hydrogen-bond acceptors (Lipinski definition) is 3. The lowest BCUT2D eigenvalue weighted by Crippen LogP contribution is -2.53. The number of carbonyl (C=O) groups is 2. The van der Waals surface area contributed by atoms with Crippen molar-refractivity contribution in [2.45, 2.75) is 6.04 Å². The molecule has 1 unspecified atom stereocenters. The van der Waals surface area contributed by atoms with Crippen molar-refractivity contribution in [1.82, 2.24) is 5.32 Å². The summed E-state index contributed by atoms with van der Waals surface area (Å²) in [5.74, 6) is -1.10. The average Bonchev–Trinajstić information content (AvgIpc) is 2.90. The molecule has 6 heteroatoms. The van der Waals surface area contributed by atoms with Crippen molar-refractivity contribution in [2.75, 3.05) is 0 Å². The van der Waals surface area contributed by atoms with E-state index in [1.54, 1.807) is 24.3 Å². The molecule has 0 aliphatic carbocycles. The van der Waals surface area contributed by atoms with Crippen molar-refractivity contribution in [3.63, 3.8) is 0 Å². The van der Waals surface area contributed by atoms with Crippen molar-refractivity contribution in [3.05, 3.63) is 127 Å². The molecule has 4 nitrogen and oxygen atoms in total. The highest BCUT2D eigenvalue weighted by Crippen LogP contribution is 2.57. The molecular weight excluding hydrogens is 459 g/mol. The number of amides is 2. The Hall–Kier alpha value is -3.66. The van der Waals surface area contributed by atoms with Crippen molar-refractivity contribution < 1.29 is 9.59 Å². The standard InChI is InChI=1S/C28H23N2O2PS/c29-26(31)25(30-27(32)21-13-5-1-6-14-21)28(34)33(22-15-7-2-8-16-22,23-17-9-3-10-18-23)24-19-11-4-12-20-24/h1-20,25H,(H2-,29,30,31,32)/p+1. The molecule has 1 atom stereocenters. The SMILES string of the molecule is NC(=O)C(NC(=O)c1ccccc1)C(=S)[P+](c1ccccc1)(c1ccccc1)c1ccccc1. The fourth-order valence-corrected chi connectivity index (χ4v) is 9.25. The van der Waals surface area contributed by atoms with Crippen molar-refractivity contribution >= 4 is 51.8 Å². The number of nitrogens with one attached hydrogen (secondary N) is 1. The second-order valence-corrected chi connectivity index (χ2v) is 11.8. The first-order valence-electron chi connectivity index (χ1n) is 10.8. The van der Waals surface area contributed by atoms with Crippen LogP contribution in [0.2, 0.25) is 0 Å². The topological polar surface area (TPSA) is 72.2 Å². The summed E-state index contributed by atoms with van der Waals surface area (Å²) in [6.07, 6.45) is 0. The van der Waals surface area contributed by atoms with E-state index in [1.807, 2.05) is 97.1 Å². The molecule has 0 aliphatic rings. The van der Waals surface area contributed by atoms with Gasteiger partial charge in [0.15, 0.2) is 17.9 Å². The molecule has 0 spiro atoms. The molecule has 0 bridgehead atoms. The number of rotatable bonds is 8. The van der Waals surface area contributed by atoms with Crippen molar-refractivity contribution in [2.24, 2.45) is 5.73 Å². The minimum absolute atomic E-state index is 0.404. The number of nitrogens with two attached hydrogens (primary N) is 1. The van der Waals surface area contributed by atoms with Crippen LogP contribution in [0.4, 0.5) is 0 Å². The zero-order chi connectivity index (χ0) is 24.0. The largest absolute Gasteiger partial charge is 0.367 e. The highest BCUT2D eigenvalue weighted by Gasteiger charge is 2.54. The Morgan fingerprint density at radius 1 is 0.647 bits per heavy atom. The predicted molar refractivity (Wildman–Crippen MR) is 145 cm³/mol. The van der Waals surface area contributed by atoms with E-state index in [9.17, 15) is 9.59 Å². The Kier molecular flexibility index (Phi) is 7.27. The van der Waals surface area contributed by atoms with E-state index in [4.69, 9.17) is 18.0 Å². The van der Waals surface area contributed by atoms with Gasteiger partial charge in [0.1, 0.15) is 15.9 Å². The van der Waals surface area contributed by atoms with Gasteiger partial charge in [-0.05, 0) is 60.7 Å². The molecule has 4 aromatic carbocycles. The van der Waals surface area contributed by atoms with Gasteiger partial charge in [-0.3, -0.25) is 9.59 Å². The lowest BCUT2D eigenvalue weighted by atomic mass is 10.2. The second-order valence-electron chi connectivity index (χ2n) is 7.69. The maximum atomic E-state index is 13.0. The van der Waals surface area contributed by atoms with E-state index >= 15 is 0 Å². The van der Waals surface area contributed by atoms with Crippen molar-refractivity contribution in [3.8, 4) is 0 Å². The quantitative estimate of drug-likeness (QED) is 0.297. The third kappa shape index (κ3) is 4.54. The predicted octanol–water partition coefficient (Wildman–Crippen LogP) is 3.59. The Bertz CT molecular complexity index is 1190. The first kappa shape index (κ1) is 23.5. The second kappa shape index (κ2) is 10.5. The zero-order valence-corrected chi connectivity index (χ0v) is 20.1. The maximum Gasteiger partial charge on any atom is 0.252 e. The molecule has 0 aromatic heterocycles. The molecule has 0 saturated carbocycles. The van der Waals surface area contributed by atoms with Gasteiger partial charge in [0.05, 0.1) is 0 Å². The smallest absolute Gasteiger partial charge is 0.252 e. The monoisotopic (exact) mass is 483 g/mol. The van der Waals surface area contributed by atoms with E-state index in [1.165, 1.54) is 0 Å². The van der Waals surface area contributed by atoms with Crippen LogP contribution in [0.15, 0.2) is 121 Å². The first-order valence-corrected chi connectivity index (χ1v) is 13.0. The molecule has 4 rings (SSSR count). The zero-order valence-electron chi connectivity index (χ0n) is 18.4. The normalized spacial score (nSPS) is 11.9. The van der Waals surface area contributed by atoms with Crippen LogP contribution in [0.1, 0.15) is 10.4 Å². The van der Waals surface area contributed by atoms with E-state index in [2.05, 4.69) is 5.32 Å². The summed E-state index contributed by atoms with van der Waals surface area (Å²) in [5, 5.41) is 5.77. The molecule has 4 aromatic rings. The summed E-state index contributed by atoms with van der Waals surface area (Å²) in [6.45, 7) is 0. The van der Waals surface area contributed by atoms with Gasteiger partial charge in [-0.1, -0.05) is 72.8 Å². The Morgan fingerprint density at radius 3 is 1.35 bits per heavy atom. The highest BCUT2D eigenvalue weighted by atomic mass is 32.1. The number of hydrogen-bond donors (Lipinski definition) is 2. The number of benzene rings is 4. The third-order valence-electron chi connectivity index (χ3n) is 5.60. The lowest BCUT2D eigenvalue weighted by molar-refractivity contribution is -0.118. The van der Waals surface area contributed by atoms with Gasteiger partial charge in [0.2, 0.25) is 5.91 Å². The fraction of sp³-hybridized carbons (Fsp3) is 0.0357. The van der Waals surface area contributed by atoms with Gasteiger partial charge in [0.25, 0.3) is 5.91 Å². The Labute approximate surface area is 205 Å². The molecule has 0 aliphatic heterocycles. The molecule has 3 N–H and O–H groups in total. The molecule has 34 heavy (non-hydrogen) atoms. The van der Waals surface area contributed by atoms with Crippen LogP contribution in [0.25, 0.3) is 0 Å². The highest BCUT2D eigenvalue weighted by molar-refractivity contribution is 8.18. The van der Waals surface area contributed by atoms with Crippen LogP contribution in [-0.2, 0) is 4.79 Å². The van der Waals surface area contributed by atoms with Gasteiger partial charge >= 0.3 is 0 Å². The lowest BCUT2D eigenvalue weighted by Gasteiger charge is -2.30. The van der Waals surface area contributed by atoms with Crippen LogP contribution >= 0.6 is 19.5 Å². The summed E-state index contributed by atoms with van der Waals surface area (Å²) in [7, 11) is -2.69.